The minimum atomic E-state index is -3.19. The van der Waals surface area contributed by atoms with Crippen molar-refractivity contribution < 1.29 is 8.42 Å². The molecule has 0 spiro atoms. The summed E-state index contributed by atoms with van der Waals surface area (Å²) in [6.07, 6.45) is 3.04. The molecule has 1 heterocycles. The fourth-order valence-electron chi connectivity index (χ4n) is 2.92. The summed E-state index contributed by atoms with van der Waals surface area (Å²) in [5.74, 6) is 0.702. The number of nitrogen functional groups attached to an aromatic ring is 1. The van der Waals surface area contributed by atoms with Gasteiger partial charge in [0.2, 0.25) is 10.0 Å². The summed E-state index contributed by atoms with van der Waals surface area (Å²) in [7, 11) is -3.19. The van der Waals surface area contributed by atoms with Crippen molar-refractivity contribution in [2.75, 3.05) is 17.2 Å². The number of thioether (sulfide) groups is 1. The zero-order valence-electron chi connectivity index (χ0n) is 12.7. The van der Waals surface area contributed by atoms with Gasteiger partial charge in [0.25, 0.3) is 0 Å². The average molecular weight is 329 g/mol. The molecule has 2 atom stereocenters. The molecule has 1 saturated heterocycles. The van der Waals surface area contributed by atoms with Gasteiger partial charge in [-0.2, -0.15) is 4.31 Å². The Morgan fingerprint density at radius 2 is 1.86 bits per heavy atom. The number of hydrogen-bond acceptors (Lipinski definition) is 4. The third-order valence-electron chi connectivity index (χ3n) is 3.95. The summed E-state index contributed by atoms with van der Waals surface area (Å²) < 4.78 is 26.8. The Kier molecular flexibility index (Phi) is 5.57. The van der Waals surface area contributed by atoms with E-state index in [2.05, 4.69) is 0 Å². The predicted octanol–water partition coefficient (Wildman–Crippen LogP) is 2.95. The lowest BCUT2D eigenvalue weighted by Gasteiger charge is -2.37. The van der Waals surface area contributed by atoms with E-state index in [0.717, 1.165) is 24.2 Å². The lowest BCUT2D eigenvalue weighted by molar-refractivity contribution is 0.204. The zero-order chi connectivity index (χ0) is 15.5. The highest BCUT2D eigenvalue weighted by Gasteiger charge is 2.34. The van der Waals surface area contributed by atoms with Crippen molar-refractivity contribution in [1.82, 2.24) is 4.31 Å². The number of sulfonamides is 1. The quantitative estimate of drug-likeness (QED) is 0.667. The maximum absolute atomic E-state index is 12.6. The maximum Gasteiger partial charge on any atom is 0.215 e. The molecule has 0 aromatic heterocycles. The molecule has 2 N–H and O–H groups in total. The molecule has 6 heteroatoms. The minimum Gasteiger partial charge on any atom is -0.398 e. The molecule has 0 aliphatic carbocycles. The standard InChI is InChI=1S/C15H24N2O2S2/c1-12-6-5-7-13(2)17(12)21(18,19)11-10-20-15-9-4-3-8-14(15)16/h3-4,8-9,12-13H,5-7,10-11,16H2,1-2H3. The molecule has 1 aromatic carbocycles. The third kappa shape index (κ3) is 4.14. The van der Waals surface area contributed by atoms with Gasteiger partial charge in [0.05, 0.1) is 5.75 Å². The van der Waals surface area contributed by atoms with Crippen molar-refractivity contribution in [2.24, 2.45) is 0 Å². The van der Waals surface area contributed by atoms with Gasteiger partial charge in [-0.1, -0.05) is 18.6 Å². The number of hydrogen-bond donors (Lipinski definition) is 1. The molecule has 21 heavy (non-hydrogen) atoms. The third-order valence-corrected chi connectivity index (χ3v) is 7.38. The Bertz CT molecular complexity index is 565. The Balaban J connectivity index is 1.96. The number of piperidine rings is 1. The van der Waals surface area contributed by atoms with E-state index in [1.165, 1.54) is 11.8 Å². The Morgan fingerprint density at radius 1 is 1.24 bits per heavy atom. The first-order valence-corrected chi connectivity index (χ1v) is 10.00. The van der Waals surface area contributed by atoms with Crippen molar-refractivity contribution in [1.29, 1.82) is 0 Å². The molecule has 4 nitrogen and oxygen atoms in total. The van der Waals surface area contributed by atoms with Crippen LogP contribution < -0.4 is 5.73 Å². The summed E-state index contributed by atoms with van der Waals surface area (Å²) in [6, 6.07) is 7.80. The zero-order valence-corrected chi connectivity index (χ0v) is 14.3. The number of rotatable bonds is 5. The van der Waals surface area contributed by atoms with Gasteiger partial charge in [-0.3, -0.25) is 0 Å². The van der Waals surface area contributed by atoms with E-state index in [1.54, 1.807) is 4.31 Å². The average Bonchev–Trinajstić information content (AvgIpc) is 2.40. The van der Waals surface area contributed by atoms with Crippen LogP contribution in [0.25, 0.3) is 0 Å². The van der Waals surface area contributed by atoms with Crippen LogP contribution in [0.2, 0.25) is 0 Å². The lowest BCUT2D eigenvalue weighted by atomic mass is 10.0. The summed E-state index contributed by atoms with van der Waals surface area (Å²) in [6.45, 7) is 4.02. The Labute approximate surface area is 132 Å². The molecular weight excluding hydrogens is 304 g/mol. The molecule has 1 aliphatic heterocycles. The molecule has 0 radical (unpaired) electrons. The molecule has 0 amide bonds. The number of benzene rings is 1. The van der Waals surface area contributed by atoms with Crippen molar-refractivity contribution in [3.63, 3.8) is 0 Å². The Hall–Kier alpha value is -0.720. The van der Waals surface area contributed by atoms with Gasteiger partial charge in [0.1, 0.15) is 0 Å². The second-order valence-corrected chi connectivity index (χ2v) is 8.79. The number of para-hydroxylation sites is 1. The maximum atomic E-state index is 12.6. The van der Waals surface area contributed by atoms with Crippen molar-refractivity contribution in [3.05, 3.63) is 24.3 Å². The lowest BCUT2D eigenvalue weighted by Crippen LogP contribution is -2.48. The van der Waals surface area contributed by atoms with Crippen LogP contribution in [0.4, 0.5) is 5.69 Å². The van der Waals surface area contributed by atoms with E-state index < -0.39 is 10.0 Å². The van der Waals surface area contributed by atoms with E-state index in [1.807, 2.05) is 38.1 Å². The van der Waals surface area contributed by atoms with Crippen LogP contribution in [0.3, 0.4) is 0 Å². The van der Waals surface area contributed by atoms with Crippen LogP contribution in [-0.4, -0.2) is 36.3 Å². The molecule has 1 fully saturated rings. The molecule has 2 rings (SSSR count). The van der Waals surface area contributed by atoms with E-state index in [-0.39, 0.29) is 17.8 Å². The van der Waals surface area contributed by atoms with E-state index in [9.17, 15) is 8.42 Å². The fourth-order valence-corrected chi connectivity index (χ4v) is 6.24. The van der Waals surface area contributed by atoms with E-state index in [4.69, 9.17) is 5.73 Å². The van der Waals surface area contributed by atoms with Crippen LogP contribution in [-0.2, 0) is 10.0 Å². The molecule has 2 unspecified atom stereocenters. The van der Waals surface area contributed by atoms with Crippen molar-refractivity contribution in [3.8, 4) is 0 Å². The topological polar surface area (TPSA) is 63.4 Å². The van der Waals surface area contributed by atoms with Crippen LogP contribution in [0, 0.1) is 0 Å². The van der Waals surface area contributed by atoms with Gasteiger partial charge in [-0.05, 0) is 38.8 Å². The second-order valence-electron chi connectivity index (χ2n) is 5.66. The van der Waals surface area contributed by atoms with Crippen LogP contribution >= 0.6 is 11.8 Å². The summed E-state index contributed by atoms with van der Waals surface area (Å²) in [5, 5.41) is 0. The molecule has 0 bridgehead atoms. The fraction of sp³-hybridized carbons (Fsp3) is 0.600. The molecule has 1 aliphatic rings. The van der Waals surface area contributed by atoms with Gasteiger partial charge in [0.15, 0.2) is 0 Å². The van der Waals surface area contributed by atoms with Crippen LogP contribution in [0.1, 0.15) is 33.1 Å². The monoisotopic (exact) mass is 328 g/mol. The number of anilines is 1. The highest BCUT2D eigenvalue weighted by molar-refractivity contribution is 8.00. The van der Waals surface area contributed by atoms with E-state index in [0.29, 0.717) is 11.4 Å². The first kappa shape index (κ1) is 16.6. The van der Waals surface area contributed by atoms with Crippen molar-refractivity contribution >= 4 is 27.5 Å². The van der Waals surface area contributed by atoms with Gasteiger partial charge in [-0.15, -0.1) is 11.8 Å². The summed E-state index contributed by atoms with van der Waals surface area (Å²) in [5.41, 5.74) is 6.58. The summed E-state index contributed by atoms with van der Waals surface area (Å²) >= 11 is 1.51. The van der Waals surface area contributed by atoms with Gasteiger partial charge in [-0.25, -0.2) is 8.42 Å². The molecule has 0 saturated carbocycles. The molecular formula is C15H24N2O2S2. The highest BCUT2D eigenvalue weighted by Crippen LogP contribution is 2.28. The highest BCUT2D eigenvalue weighted by atomic mass is 32.2. The van der Waals surface area contributed by atoms with Crippen LogP contribution in [0.5, 0.6) is 0 Å². The molecule has 118 valence electrons. The first-order chi connectivity index (χ1) is 9.92. The largest absolute Gasteiger partial charge is 0.398 e. The van der Waals surface area contributed by atoms with Gasteiger partial charge in [0, 0.05) is 28.4 Å². The van der Waals surface area contributed by atoms with Gasteiger partial charge >= 0.3 is 0 Å². The van der Waals surface area contributed by atoms with Crippen LogP contribution in [0.15, 0.2) is 29.2 Å². The first-order valence-electron chi connectivity index (χ1n) is 7.40. The van der Waals surface area contributed by atoms with Gasteiger partial charge < -0.3 is 5.73 Å². The predicted molar refractivity (Wildman–Crippen MR) is 90.0 cm³/mol. The summed E-state index contributed by atoms with van der Waals surface area (Å²) in [4.78, 5) is 0.951. The second kappa shape index (κ2) is 7.03. The normalized spacial score (nSPS) is 24.1. The minimum absolute atomic E-state index is 0.116. The SMILES string of the molecule is CC1CCCC(C)N1S(=O)(=O)CCSc1ccccc1N. The number of nitrogens with two attached hydrogens (primary N) is 1. The van der Waals surface area contributed by atoms with E-state index >= 15 is 0 Å². The van der Waals surface area contributed by atoms with Crippen molar-refractivity contribution in [2.45, 2.75) is 50.1 Å². The Morgan fingerprint density at radius 3 is 2.48 bits per heavy atom. The molecule has 1 aromatic rings. The number of nitrogens with zero attached hydrogens (tertiary/aromatic N) is 1. The smallest absolute Gasteiger partial charge is 0.215 e.